The standard InChI is InChI=1S/C14H16FN3O2/c1-3-10(4-2)18-8-11(14(19)20)13(17-18)12-6-5-9(15)7-16-12/h5-8,10H,3-4H2,1-2H3,(H,19,20). The van der Waals surface area contributed by atoms with Gasteiger partial charge in [-0.05, 0) is 25.0 Å². The molecule has 0 saturated carbocycles. The summed E-state index contributed by atoms with van der Waals surface area (Å²) in [6.45, 7) is 4.04. The molecule has 20 heavy (non-hydrogen) atoms. The SMILES string of the molecule is CCC(CC)n1cc(C(=O)O)c(-c2ccc(F)cn2)n1. The summed E-state index contributed by atoms with van der Waals surface area (Å²) in [6.07, 6.45) is 4.28. The first-order chi connectivity index (χ1) is 9.56. The van der Waals surface area contributed by atoms with Crippen LogP contribution < -0.4 is 0 Å². The third-order valence-electron chi connectivity index (χ3n) is 3.25. The van der Waals surface area contributed by atoms with Crippen molar-refractivity contribution >= 4 is 5.97 Å². The molecule has 0 amide bonds. The summed E-state index contributed by atoms with van der Waals surface area (Å²) in [4.78, 5) is 15.2. The van der Waals surface area contributed by atoms with Crippen molar-refractivity contribution in [2.24, 2.45) is 0 Å². The Morgan fingerprint density at radius 1 is 1.40 bits per heavy atom. The van der Waals surface area contributed by atoms with Crippen LogP contribution in [0.3, 0.4) is 0 Å². The number of pyridine rings is 1. The third-order valence-corrected chi connectivity index (χ3v) is 3.25. The minimum absolute atomic E-state index is 0.0796. The highest BCUT2D eigenvalue weighted by atomic mass is 19.1. The van der Waals surface area contributed by atoms with Crippen LogP contribution in [-0.4, -0.2) is 25.8 Å². The van der Waals surface area contributed by atoms with Crippen LogP contribution in [0.25, 0.3) is 11.4 Å². The van der Waals surface area contributed by atoms with Gasteiger partial charge in [0.15, 0.2) is 0 Å². The average Bonchev–Trinajstić information content (AvgIpc) is 2.86. The summed E-state index contributed by atoms with van der Waals surface area (Å²) in [5.41, 5.74) is 0.703. The monoisotopic (exact) mass is 277 g/mol. The molecule has 0 aliphatic carbocycles. The molecule has 0 spiro atoms. The number of hydrogen-bond acceptors (Lipinski definition) is 3. The third kappa shape index (κ3) is 2.68. The molecular weight excluding hydrogens is 261 g/mol. The summed E-state index contributed by atoms with van der Waals surface area (Å²) in [5.74, 6) is -1.53. The maximum Gasteiger partial charge on any atom is 0.339 e. The van der Waals surface area contributed by atoms with Gasteiger partial charge in [-0.1, -0.05) is 13.8 Å². The first-order valence-electron chi connectivity index (χ1n) is 6.51. The van der Waals surface area contributed by atoms with E-state index in [4.69, 9.17) is 0 Å². The molecule has 0 atom stereocenters. The Balaban J connectivity index is 2.51. The number of carboxylic acids is 1. The molecule has 1 N–H and O–H groups in total. The highest BCUT2D eigenvalue weighted by molar-refractivity contribution is 5.94. The molecule has 6 heteroatoms. The van der Waals surface area contributed by atoms with Gasteiger partial charge in [0.1, 0.15) is 17.1 Å². The zero-order chi connectivity index (χ0) is 14.7. The highest BCUT2D eigenvalue weighted by Crippen LogP contribution is 2.24. The van der Waals surface area contributed by atoms with Crippen molar-refractivity contribution in [1.82, 2.24) is 14.8 Å². The highest BCUT2D eigenvalue weighted by Gasteiger charge is 2.20. The average molecular weight is 277 g/mol. The van der Waals surface area contributed by atoms with E-state index in [0.717, 1.165) is 19.0 Å². The Morgan fingerprint density at radius 2 is 2.10 bits per heavy atom. The summed E-state index contributed by atoms with van der Waals surface area (Å²) in [5, 5.41) is 13.6. The van der Waals surface area contributed by atoms with E-state index in [1.54, 1.807) is 4.68 Å². The smallest absolute Gasteiger partial charge is 0.339 e. The predicted molar refractivity (Wildman–Crippen MR) is 72.0 cm³/mol. The Morgan fingerprint density at radius 3 is 2.60 bits per heavy atom. The van der Waals surface area contributed by atoms with Crippen LogP contribution in [-0.2, 0) is 0 Å². The molecule has 0 aliphatic heterocycles. The second-order valence-electron chi connectivity index (χ2n) is 4.51. The molecule has 106 valence electrons. The maximum atomic E-state index is 12.9. The second kappa shape index (κ2) is 5.81. The topological polar surface area (TPSA) is 68.0 Å². The summed E-state index contributed by atoms with van der Waals surface area (Å²) in [7, 11) is 0. The minimum atomic E-state index is -1.07. The van der Waals surface area contributed by atoms with Crippen LogP contribution >= 0.6 is 0 Å². The van der Waals surface area contributed by atoms with E-state index in [-0.39, 0.29) is 17.3 Å². The van der Waals surface area contributed by atoms with Crippen molar-refractivity contribution in [2.45, 2.75) is 32.7 Å². The van der Waals surface area contributed by atoms with Crippen LogP contribution in [0, 0.1) is 5.82 Å². The van der Waals surface area contributed by atoms with Gasteiger partial charge < -0.3 is 5.11 Å². The van der Waals surface area contributed by atoms with Gasteiger partial charge in [0.05, 0.1) is 17.9 Å². The van der Waals surface area contributed by atoms with Crippen LogP contribution in [0.2, 0.25) is 0 Å². The first-order valence-corrected chi connectivity index (χ1v) is 6.51. The van der Waals surface area contributed by atoms with Gasteiger partial charge in [-0.15, -0.1) is 0 Å². The number of aromatic nitrogens is 3. The summed E-state index contributed by atoms with van der Waals surface area (Å²) >= 11 is 0. The molecule has 0 aliphatic rings. The number of aromatic carboxylic acids is 1. The van der Waals surface area contributed by atoms with Gasteiger partial charge in [-0.25, -0.2) is 9.18 Å². The summed E-state index contributed by atoms with van der Waals surface area (Å²) in [6, 6.07) is 2.81. The fraction of sp³-hybridized carbons (Fsp3) is 0.357. The van der Waals surface area contributed by atoms with E-state index < -0.39 is 11.8 Å². The van der Waals surface area contributed by atoms with Crippen LogP contribution in [0.15, 0.2) is 24.5 Å². The van der Waals surface area contributed by atoms with Gasteiger partial charge in [0.25, 0.3) is 0 Å². The molecular formula is C14H16FN3O2. The molecule has 0 unspecified atom stereocenters. The molecule has 2 rings (SSSR count). The number of halogens is 1. The molecule has 2 aromatic heterocycles. The quantitative estimate of drug-likeness (QED) is 0.911. The van der Waals surface area contributed by atoms with E-state index in [2.05, 4.69) is 10.1 Å². The minimum Gasteiger partial charge on any atom is -0.478 e. The lowest BCUT2D eigenvalue weighted by molar-refractivity contribution is 0.0697. The molecule has 0 bridgehead atoms. The van der Waals surface area contributed by atoms with E-state index in [1.807, 2.05) is 13.8 Å². The molecule has 5 nitrogen and oxygen atoms in total. The Kier molecular flexibility index (Phi) is 4.12. The lowest BCUT2D eigenvalue weighted by Crippen LogP contribution is -2.07. The molecule has 0 aromatic carbocycles. The van der Waals surface area contributed by atoms with Gasteiger partial charge in [0.2, 0.25) is 0 Å². The molecule has 2 heterocycles. The van der Waals surface area contributed by atoms with Crippen molar-refractivity contribution in [2.75, 3.05) is 0 Å². The lowest BCUT2D eigenvalue weighted by atomic mass is 10.1. The molecule has 0 saturated heterocycles. The number of carboxylic acid groups (broad SMARTS) is 1. The van der Waals surface area contributed by atoms with E-state index in [0.29, 0.717) is 5.69 Å². The van der Waals surface area contributed by atoms with Crippen molar-refractivity contribution in [3.8, 4) is 11.4 Å². The number of hydrogen-bond donors (Lipinski definition) is 1. The number of carbonyl (C=O) groups is 1. The van der Waals surface area contributed by atoms with Crippen molar-refractivity contribution in [3.05, 3.63) is 35.9 Å². The zero-order valence-electron chi connectivity index (χ0n) is 11.4. The first kappa shape index (κ1) is 14.2. The lowest BCUT2D eigenvalue weighted by Gasteiger charge is -2.12. The fourth-order valence-corrected chi connectivity index (χ4v) is 2.10. The van der Waals surface area contributed by atoms with Crippen LogP contribution in [0.1, 0.15) is 43.1 Å². The number of rotatable bonds is 5. The van der Waals surface area contributed by atoms with Crippen LogP contribution in [0.5, 0.6) is 0 Å². The van der Waals surface area contributed by atoms with E-state index >= 15 is 0 Å². The Bertz CT molecular complexity index is 603. The second-order valence-corrected chi connectivity index (χ2v) is 4.51. The van der Waals surface area contributed by atoms with Gasteiger partial charge >= 0.3 is 5.97 Å². The van der Waals surface area contributed by atoms with E-state index in [1.165, 1.54) is 18.3 Å². The Labute approximate surface area is 116 Å². The molecule has 0 fully saturated rings. The molecule has 2 aromatic rings. The molecule has 0 radical (unpaired) electrons. The maximum absolute atomic E-state index is 12.9. The van der Waals surface area contributed by atoms with Gasteiger partial charge in [-0.2, -0.15) is 5.10 Å². The van der Waals surface area contributed by atoms with Crippen molar-refractivity contribution in [1.29, 1.82) is 0 Å². The van der Waals surface area contributed by atoms with Crippen LogP contribution in [0.4, 0.5) is 4.39 Å². The summed E-state index contributed by atoms with van der Waals surface area (Å²) < 4.78 is 14.6. The normalized spacial score (nSPS) is 11.0. The Hall–Kier alpha value is -2.24. The van der Waals surface area contributed by atoms with Crippen molar-refractivity contribution < 1.29 is 14.3 Å². The number of nitrogens with zero attached hydrogens (tertiary/aromatic N) is 3. The van der Waals surface area contributed by atoms with Gasteiger partial charge in [0, 0.05) is 6.20 Å². The van der Waals surface area contributed by atoms with Gasteiger partial charge in [-0.3, -0.25) is 9.67 Å². The fourth-order valence-electron chi connectivity index (χ4n) is 2.10. The zero-order valence-corrected chi connectivity index (χ0v) is 11.4. The largest absolute Gasteiger partial charge is 0.478 e. The predicted octanol–water partition coefficient (Wildman–Crippen LogP) is 3.14. The van der Waals surface area contributed by atoms with E-state index in [9.17, 15) is 14.3 Å². The van der Waals surface area contributed by atoms with Crippen molar-refractivity contribution in [3.63, 3.8) is 0 Å².